The van der Waals surface area contributed by atoms with E-state index in [2.05, 4.69) is 222 Å². The molecule has 12 aromatic rings. The van der Waals surface area contributed by atoms with Crippen LogP contribution in [0, 0.1) is 0 Å². The maximum Gasteiger partial charge on any atom is 0.159 e. The lowest BCUT2D eigenvalue weighted by molar-refractivity contribution is 0.666. The van der Waals surface area contributed by atoms with Gasteiger partial charge in [-0.3, -0.25) is 0 Å². The summed E-state index contributed by atoms with van der Waals surface area (Å²) in [6.45, 7) is 0. The second-order valence-corrected chi connectivity index (χ2v) is 15.3. The molecule has 0 saturated heterocycles. The topological polar surface area (TPSA) is 21.3 Å². The van der Waals surface area contributed by atoms with Crippen molar-refractivity contribution in [2.45, 2.75) is 0 Å². The van der Waals surface area contributed by atoms with Gasteiger partial charge in [0, 0.05) is 38.6 Å². The van der Waals surface area contributed by atoms with E-state index in [0.29, 0.717) is 0 Å². The van der Waals surface area contributed by atoms with Crippen molar-refractivity contribution >= 4 is 82.4 Å². The third-order valence-corrected chi connectivity index (χ3v) is 12.0. The first-order valence-corrected chi connectivity index (χ1v) is 20.2. The van der Waals surface area contributed by atoms with E-state index in [4.69, 9.17) is 4.42 Å². The molecular formula is C56H36N2O. The van der Waals surface area contributed by atoms with Crippen molar-refractivity contribution in [2.24, 2.45) is 0 Å². The number of furan rings is 1. The SMILES string of the molecule is c1ccc(N(c2ccc(-c3ccc4c(ccc5ccccc54)c3)cc2)c2cccc(-c3cccc4c3c3ccccc3n4-c3cccc4c3oc3ccccc34)c2)cc1. The number of rotatable bonds is 6. The molecule has 2 heterocycles. The predicted octanol–water partition coefficient (Wildman–Crippen LogP) is 15.8. The Balaban J connectivity index is 0.977. The highest BCUT2D eigenvalue weighted by atomic mass is 16.3. The number of anilines is 3. The second-order valence-electron chi connectivity index (χ2n) is 15.3. The average Bonchev–Trinajstić information content (AvgIpc) is 3.86. The highest BCUT2D eigenvalue weighted by molar-refractivity contribution is 6.17. The van der Waals surface area contributed by atoms with Crippen molar-refractivity contribution in [1.82, 2.24) is 4.57 Å². The second kappa shape index (κ2) is 13.4. The Morgan fingerprint density at radius 1 is 0.356 bits per heavy atom. The summed E-state index contributed by atoms with van der Waals surface area (Å²) < 4.78 is 8.96. The number of fused-ring (bicyclic) bond motifs is 9. The molecule has 0 aliphatic heterocycles. The van der Waals surface area contributed by atoms with Crippen molar-refractivity contribution in [3.63, 3.8) is 0 Å². The molecule has 59 heavy (non-hydrogen) atoms. The third-order valence-electron chi connectivity index (χ3n) is 12.0. The first-order valence-electron chi connectivity index (χ1n) is 20.2. The molecule has 0 spiro atoms. The fourth-order valence-corrected chi connectivity index (χ4v) is 9.26. The van der Waals surface area contributed by atoms with Crippen LogP contribution >= 0.6 is 0 Å². The van der Waals surface area contributed by atoms with Gasteiger partial charge in [0.15, 0.2) is 5.58 Å². The number of benzene rings is 10. The molecule has 3 heteroatoms. The highest BCUT2D eigenvalue weighted by Crippen LogP contribution is 2.43. The normalized spacial score (nSPS) is 11.7. The first-order chi connectivity index (χ1) is 29.3. The Morgan fingerprint density at radius 2 is 1.00 bits per heavy atom. The molecule has 0 atom stereocenters. The van der Waals surface area contributed by atoms with Crippen LogP contribution in [0.3, 0.4) is 0 Å². The van der Waals surface area contributed by atoms with Crippen LogP contribution in [0.4, 0.5) is 17.1 Å². The van der Waals surface area contributed by atoms with Gasteiger partial charge in [-0.05, 0) is 111 Å². The third kappa shape index (κ3) is 5.36. The summed E-state index contributed by atoms with van der Waals surface area (Å²) >= 11 is 0. The van der Waals surface area contributed by atoms with Crippen LogP contribution in [0.25, 0.3) is 93.2 Å². The molecular weight excluding hydrogens is 717 g/mol. The summed E-state index contributed by atoms with van der Waals surface area (Å²) in [7, 11) is 0. The predicted molar refractivity (Wildman–Crippen MR) is 249 cm³/mol. The molecule has 12 rings (SSSR count). The molecule has 0 unspecified atom stereocenters. The van der Waals surface area contributed by atoms with Crippen molar-refractivity contribution in [2.75, 3.05) is 4.90 Å². The molecule has 3 nitrogen and oxygen atoms in total. The van der Waals surface area contributed by atoms with E-state index >= 15 is 0 Å². The molecule has 0 bridgehead atoms. The minimum Gasteiger partial charge on any atom is -0.454 e. The first kappa shape index (κ1) is 33.3. The summed E-state index contributed by atoms with van der Waals surface area (Å²) in [6.07, 6.45) is 0. The van der Waals surface area contributed by atoms with Gasteiger partial charge in [-0.15, -0.1) is 0 Å². The van der Waals surface area contributed by atoms with E-state index in [1.165, 1.54) is 49.0 Å². The molecule has 0 N–H and O–H groups in total. The zero-order chi connectivity index (χ0) is 38.9. The van der Waals surface area contributed by atoms with Crippen LogP contribution in [-0.4, -0.2) is 4.57 Å². The molecule has 2 aromatic heterocycles. The molecule has 10 aromatic carbocycles. The van der Waals surface area contributed by atoms with Crippen LogP contribution in [0.15, 0.2) is 223 Å². The van der Waals surface area contributed by atoms with Crippen LogP contribution < -0.4 is 4.90 Å². The van der Waals surface area contributed by atoms with Gasteiger partial charge in [0.1, 0.15) is 5.58 Å². The maximum absolute atomic E-state index is 6.58. The van der Waals surface area contributed by atoms with Gasteiger partial charge in [0.2, 0.25) is 0 Å². The molecule has 0 fully saturated rings. The van der Waals surface area contributed by atoms with Crippen LogP contribution in [0.5, 0.6) is 0 Å². The van der Waals surface area contributed by atoms with E-state index < -0.39 is 0 Å². The molecule has 276 valence electrons. The molecule has 0 aliphatic carbocycles. The minimum atomic E-state index is 0.891. The van der Waals surface area contributed by atoms with E-state index in [1.54, 1.807) is 0 Å². The monoisotopic (exact) mass is 752 g/mol. The Morgan fingerprint density at radius 3 is 1.90 bits per heavy atom. The standard InChI is InChI=1S/C56H36N2O/c1-2-15-42(16-3-1)57(43-32-29-37(30-33-43)39-31-34-46-41(35-39)28-27-38-13-4-5-18-45(38)46)44-17-10-14-40(36-44)47-21-11-24-52-55(47)50-20-6-8-23-51(50)58(52)53-25-12-22-49-48-19-7-9-26-54(48)59-56(49)53/h1-36H. The summed E-state index contributed by atoms with van der Waals surface area (Å²) in [5.41, 5.74) is 13.1. The van der Waals surface area contributed by atoms with Gasteiger partial charge >= 0.3 is 0 Å². The Kier molecular flexibility index (Phi) is 7.54. The molecule has 0 radical (unpaired) electrons. The van der Waals surface area contributed by atoms with Crippen molar-refractivity contribution in [1.29, 1.82) is 0 Å². The maximum atomic E-state index is 6.58. The summed E-state index contributed by atoms with van der Waals surface area (Å²) in [6, 6.07) is 78.7. The Hall–Kier alpha value is -7.88. The zero-order valence-electron chi connectivity index (χ0n) is 32.1. The van der Waals surface area contributed by atoms with Crippen LogP contribution in [0.2, 0.25) is 0 Å². The Labute approximate surface area is 341 Å². The fraction of sp³-hybridized carbons (Fsp3) is 0. The lowest BCUT2D eigenvalue weighted by atomic mass is 9.97. The van der Waals surface area contributed by atoms with E-state index in [1.807, 2.05) is 6.07 Å². The zero-order valence-corrected chi connectivity index (χ0v) is 32.1. The number of para-hydroxylation sites is 4. The lowest BCUT2D eigenvalue weighted by Gasteiger charge is -2.26. The van der Waals surface area contributed by atoms with Crippen molar-refractivity contribution < 1.29 is 4.42 Å². The van der Waals surface area contributed by atoms with Gasteiger partial charge in [0.05, 0.1) is 16.7 Å². The highest BCUT2D eigenvalue weighted by Gasteiger charge is 2.21. The molecule has 0 saturated carbocycles. The quantitative estimate of drug-likeness (QED) is 0.158. The van der Waals surface area contributed by atoms with Crippen LogP contribution in [0.1, 0.15) is 0 Å². The largest absolute Gasteiger partial charge is 0.454 e. The fourth-order valence-electron chi connectivity index (χ4n) is 9.26. The average molecular weight is 753 g/mol. The van der Waals surface area contributed by atoms with E-state index in [9.17, 15) is 0 Å². The van der Waals surface area contributed by atoms with E-state index in [-0.39, 0.29) is 0 Å². The van der Waals surface area contributed by atoms with Gasteiger partial charge in [-0.2, -0.15) is 0 Å². The van der Waals surface area contributed by atoms with Gasteiger partial charge < -0.3 is 13.9 Å². The van der Waals surface area contributed by atoms with Gasteiger partial charge in [-0.25, -0.2) is 0 Å². The molecule has 0 amide bonds. The van der Waals surface area contributed by atoms with Gasteiger partial charge in [0.25, 0.3) is 0 Å². The Bertz CT molecular complexity index is 3560. The molecule has 0 aliphatic rings. The summed E-state index contributed by atoms with van der Waals surface area (Å²) in [4.78, 5) is 2.35. The summed E-state index contributed by atoms with van der Waals surface area (Å²) in [5.74, 6) is 0. The summed E-state index contributed by atoms with van der Waals surface area (Å²) in [5, 5.41) is 9.74. The number of hydrogen-bond donors (Lipinski definition) is 0. The lowest BCUT2D eigenvalue weighted by Crippen LogP contribution is -2.09. The van der Waals surface area contributed by atoms with Crippen molar-refractivity contribution in [3.05, 3.63) is 218 Å². The van der Waals surface area contributed by atoms with Crippen molar-refractivity contribution in [3.8, 4) is 27.9 Å². The minimum absolute atomic E-state index is 0.891. The number of hydrogen-bond acceptors (Lipinski definition) is 2. The number of aromatic nitrogens is 1. The number of nitrogens with zero attached hydrogens (tertiary/aromatic N) is 2. The smallest absolute Gasteiger partial charge is 0.159 e. The van der Waals surface area contributed by atoms with Gasteiger partial charge in [-0.1, -0.05) is 152 Å². The van der Waals surface area contributed by atoms with E-state index in [0.717, 1.165) is 61.3 Å². The van der Waals surface area contributed by atoms with Crippen LogP contribution in [-0.2, 0) is 0 Å².